The van der Waals surface area contributed by atoms with E-state index < -0.39 is 14.6 Å². The van der Waals surface area contributed by atoms with E-state index in [9.17, 15) is 13.2 Å². The van der Waals surface area contributed by atoms with Crippen molar-refractivity contribution >= 4 is 39.0 Å². The maximum Gasteiger partial charge on any atom is 0.319 e. The highest BCUT2D eigenvalue weighted by atomic mass is 35.5. The van der Waals surface area contributed by atoms with Crippen molar-refractivity contribution in [2.45, 2.75) is 61.8 Å². The molecule has 0 bridgehead atoms. The van der Waals surface area contributed by atoms with Crippen molar-refractivity contribution in [2.24, 2.45) is 0 Å². The lowest BCUT2D eigenvalue weighted by atomic mass is 9.93. The summed E-state index contributed by atoms with van der Waals surface area (Å²) in [5, 5.41) is 6.28. The fraction of sp³-hybridized carbons (Fsp3) is 0.414. The molecule has 1 aliphatic carbocycles. The van der Waals surface area contributed by atoms with Crippen LogP contribution in [0, 0.1) is 0 Å². The number of nitrogens with one attached hydrogen (secondary N) is 2. The molecule has 5 rings (SSSR count). The minimum Gasteiger partial charge on any atom is -0.377 e. The van der Waals surface area contributed by atoms with Crippen LogP contribution < -0.4 is 15.5 Å². The van der Waals surface area contributed by atoms with Crippen molar-refractivity contribution in [2.75, 3.05) is 30.0 Å². The number of halogens is 1. The molecule has 1 aromatic heterocycles. The minimum absolute atomic E-state index is 0.0566. The summed E-state index contributed by atoms with van der Waals surface area (Å²) in [5.41, 5.74) is 1.72. The molecular weight excluding hydrogens is 550 g/mol. The summed E-state index contributed by atoms with van der Waals surface area (Å²) >= 11 is 6.01. The smallest absolute Gasteiger partial charge is 0.319 e. The molecule has 3 aromatic rings. The van der Waals surface area contributed by atoms with Gasteiger partial charge in [-0.15, -0.1) is 0 Å². The summed E-state index contributed by atoms with van der Waals surface area (Å²) in [7, 11) is -3.84. The Labute approximate surface area is 240 Å². The second-order valence-electron chi connectivity index (χ2n) is 10.8. The number of urea groups is 1. The van der Waals surface area contributed by atoms with Gasteiger partial charge in [0.1, 0.15) is 10.6 Å². The van der Waals surface area contributed by atoms with Crippen LogP contribution in [0.1, 0.15) is 45.7 Å². The number of nitrogens with zero attached hydrogens (tertiary/aromatic N) is 3. The normalized spacial score (nSPS) is 18.2. The van der Waals surface area contributed by atoms with E-state index in [1.54, 1.807) is 44.2 Å². The van der Waals surface area contributed by atoms with Gasteiger partial charge < -0.3 is 20.3 Å². The lowest BCUT2D eigenvalue weighted by Crippen LogP contribution is -2.44. The predicted molar refractivity (Wildman–Crippen MR) is 157 cm³/mol. The molecule has 0 radical (unpaired) electrons. The summed E-state index contributed by atoms with van der Waals surface area (Å²) in [5.74, 6) is 1.04. The highest BCUT2D eigenvalue weighted by Crippen LogP contribution is 2.37. The number of morpholine rings is 1. The highest BCUT2D eigenvalue weighted by Gasteiger charge is 2.40. The molecule has 1 saturated carbocycles. The van der Waals surface area contributed by atoms with Crippen molar-refractivity contribution in [3.8, 4) is 11.4 Å². The van der Waals surface area contributed by atoms with Gasteiger partial charge in [0.15, 0.2) is 15.7 Å². The summed E-state index contributed by atoms with van der Waals surface area (Å²) in [6.07, 6.45) is 3.16. The van der Waals surface area contributed by atoms with Gasteiger partial charge in [-0.05, 0) is 88.6 Å². The van der Waals surface area contributed by atoms with Crippen molar-refractivity contribution in [1.82, 2.24) is 15.3 Å². The summed E-state index contributed by atoms with van der Waals surface area (Å²) in [6.45, 7) is 7.08. The Hall–Kier alpha value is -3.21. The topological polar surface area (TPSA) is 114 Å². The number of rotatable bonds is 7. The Kier molecular flexibility index (Phi) is 8.03. The Bertz CT molecular complexity index is 1480. The summed E-state index contributed by atoms with van der Waals surface area (Å²) in [6, 6.07) is 15.2. The van der Waals surface area contributed by atoms with Crippen LogP contribution in [-0.2, 0) is 19.3 Å². The van der Waals surface area contributed by atoms with E-state index in [4.69, 9.17) is 26.3 Å². The average Bonchev–Trinajstić information content (AvgIpc) is 2.91. The maximum absolute atomic E-state index is 13.8. The Morgan fingerprint density at radius 2 is 1.77 bits per heavy atom. The second kappa shape index (κ2) is 11.3. The van der Waals surface area contributed by atoms with Gasteiger partial charge in [0.05, 0.1) is 29.8 Å². The fourth-order valence-electron chi connectivity index (χ4n) is 4.74. The third-order valence-electron chi connectivity index (χ3n) is 7.63. The number of hydrogen-bond donors (Lipinski definition) is 2. The van der Waals surface area contributed by atoms with Crippen LogP contribution in [0.25, 0.3) is 11.4 Å². The molecular formula is C29H34ClN5O4S. The molecule has 1 saturated heterocycles. The first-order valence-corrected chi connectivity index (χ1v) is 15.3. The molecule has 1 aliphatic heterocycles. The molecule has 0 unspecified atom stereocenters. The average molecular weight is 584 g/mol. The van der Waals surface area contributed by atoms with E-state index in [2.05, 4.69) is 15.5 Å². The zero-order valence-electron chi connectivity index (χ0n) is 22.9. The largest absolute Gasteiger partial charge is 0.377 e. The first-order chi connectivity index (χ1) is 19.0. The number of ether oxygens (including phenoxy) is 1. The molecule has 1 atom stereocenters. The molecule has 2 N–H and O–H groups in total. The quantitative estimate of drug-likeness (QED) is 0.382. The molecule has 11 heteroatoms. The lowest BCUT2D eigenvalue weighted by molar-refractivity contribution is 0.0985. The van der Waals surface area contributed by atoms with Gasteiger partial charge in [0.25, 0.3) is 0 Å². The first-order valence-electron chi connectivity index (χ1n) is 13.5. The van der Waals surface area contributed by atoms with Crippen molar-refractivity contribution in [3.05, 3.63) is 65.3 Å². The minimum atomic E-state index is -3.84. The Balaban J connectivity index is 1.50. The predicted octanol–water partition coefficient (Wildman–Crippen LogP) is 5.41. The van der Waals surface area contributed by atoms with Gasteiger partial charge in [-0.1, -0.05) is 11.6 Å². The monoisotopic (exact) mass is 583 g/mol. The number of carbonyl (C=O) groups excluding carboxylic acids is 1. The van der Waals surface area contributed by atoms with Gasteiger partial charge in [0, 0.05) is 34.9 Å². The standard InChI is InChI=1S/C29H34ClN5O4S/c1-19-18-39-16-15-35(19)26-17-25(29(2,3)40(37,38)24-13-9-21(30)10-14-24)33-27(34-26)20-7-11-23(12-8-20)32-28(36)31-22-5-4-6-22/h7-14,17,19,22H,4-6,15-16,18H2,1-3H3,(H2,31,32,36)/t19-/m0/s1. The van der Waals surface area contributed by atoms with Crippen LogP contribution in [0.15, 0.2) is 59.5 Å². The number of carbonyl (C=O) groups is 1. The van der Waals surface area contributed by atoms with E-state index in [1.165, 1.54) is 12.1 Å². The molecule has 2 amide bonds. The van der Waals surface area contributed by atoms with Crippen molar-refractivity contribution in [3.63, 3.8) is 0 Å². The molecule has 2 fully saturated rings. The van der Waals surface area contributed by atoms with Crippen molar-refractivity contribution < 1.29 is 17.9 Å². The van der Waals surface area contributed by atoms with E-state index >= 15 is 0 Å². The number of benzene rings is 2. The van der Waals surface area contributed by atoms with Gasteiger partial charge in [0.2, 0.25) is 0 Å². The molecule has 40 heavy (non-hydrogen) atoms. The fourth-order valence-corrected chi connectivity index (χ4v) is 6.33. The number of amides is 2. The lowest BCUT2D eigenvalue weighted by Gasteiger charge is -2.35. The second-order valence-corrected chi connectivity index (χ2v) is 13.8. The zero-order chi connectivity index (χ0) is 28.5. The number of anilines is 2. The molecule has 9 nitrogen and oxygen atoms in total. The van der Waals surface area contributed by atoms with Crippen LogP contribution in [0.5, 0.6) is 0 Å². The zero-order valence-corrected chi connectivity index (χ0v) is 24.4. The number of hydrogen-bond acceptors (Lipinski definition) is 7. The number of sulfone groups is 1. The summed E-state index contributed by atoms with van der Waals surface area (Å²) in [4.78, 5) is 24.2. The molecule has 2 aromatic carbocycles. The molecule has 2 aliphatic rings. The molecule has 0 spiro atoms. The van der Waals surface area contributed by atoms with E-state index in [0.717, 1.165) is 19.3 Å². The van der Waals surface area contributed by atoms with E-state index in [-0.39, 0.29) is 23.0 Å². The van der Waals surface area contributed by atoms with Crippen LogP contribution in [-0.4, -0.2) is 56.3 Å². The van der Waals surface area contributed by atoms with Crippen LogP contribution in [0.4, 0.5) is 16.3 Å². The third kappa shape index (κ3) is 5.80. The van der Waals surface area contributed by atoms with E-state index in [1.807, 2.05) is 19.1 Å². The third-order valence-corrected chi connectivity index (χ3v) is 10.3. The molecule has 212 valence electrons. The van der Waals surface area contributed by atoms with Gasteiger partial charge >= 0.3 is 6.03 Å². The van der Waals surface area contributed by atoms with Gasteiger partial charge in [-0.25, -0.2) is 23.2 Å². The van der Waals surface area contributed by atoms with E-state index in [0.29, 0.717) is 53.4 Å². The van der Waals surface area contributed by atoms with Gasteiger partial charge in [-0.3, -0.25) is 0 Å². The van der Waals surface area contributed by atoms with Crippen LogP contribution in [0.3, 0.4) is 0 Å². The van der Waals surface area contributed by atoms with Crippen LogP contribution in [0.2, 0.25) is 5.02 Å². The Morgan fingerprint density at radius 1 is 1.07 bits per heavy atom. The maximum atomic E-state index is 13.8. The van der Waals surface area contributed by atoms with Crippen molar-refractivity contribution in [1.29, 1.82) is 0 Å². The van der Waals surface area contributed by atoms with Gasteiger partial charge in [-0.2, -0.15) is 0 Å². The SMILES string of the molecule is C[C@H]1COCCN1c1cc(C(C)(C)S(=O)(=O)c2ccc(Cl)cc2)nc(-c2ccc(NC(=O)NC3CCC3)cc2)n1. The first kappa shape index (κ1) is 28.3. The Morgan fingerprint density at radius 3 is 2.40 bits per heavy atom. The highest BCUT2D eigenvalue weighted by molar-refractivity contribution is 7.92. The summed E-state index contributed by atoms with van der Waals surface area (Å²) < 4.78 is 31.9. The van der Waals surface area contributed by atoms with Crippen LogP contribution >= 0.6 is 11.6 Å². The number of aromatic nitrogens is 2. The molecule has 2 heterocycles.